The third-order valence-electron chi connectivity index (χ3n) is 4.91. The average Bonchev–Trinajstić information content (AvgIpc) is 2.60. The van der Waals surface area contributed by atoms with Crippen molar-refractivity contribution in [2.75, 3.05) is 6.54 Å². The first-order valence-electron chi connectivity index (χ1n) is 7.48. The van der Waals surface area contributed by atoms with Crippen molar-refractivity contribution in [3.63, 3.8) is 0 Å². The Hall–Kier alpha value is -0.0800. The van der Waals surface area contributed by atoms with Crippen LogP contribution in [0.5, 0.6) is 0 Å². The Morgan fingerprint density at radius 1 is 0.941 bits per heavy atom. The van der Waals surface area contributed by atoms with Crippen LogP contribution >= 0.6 is 0 Å². The third kappa shape index (κ3) is 3.45. The van der Waals surface area contributed by atoms with Crippen LogP contribution in [0.4, 0.5) is 0 Å². The Bertz CT molecular complexity index is 243. The van der Waals surface area contributed by atoms with Crippen LogP contribution in [0, 0.1) is 5.41 Å². The first kappa shape index (κ1) is 13.4. The molecule has 0 radical (unpaired) electrons. The molecule has 100 valence electrons. The fraction of sp³-hybridized carbons (Fsp3) is 1.00. The second-order valence-corrected chi connectivity index (χ2v) is 6.98. The van der Waals surface area contributed by atoms with Crippen molar-refractivity contribution < 1.29 is 5.11 Å². The molecule has 2 aliphatic rings. The molecule has 1 heterocycles. The maximum absolute atomic E-state index is 11.0. The second-order valence-electron chi connectivity index (χ2n) is 6.98. The highest BCUT2D eigenvalue weighted by Gasteiger charge is 2.39. The van der Waals surface area contributed by atoms with Crippen LogP contribution in [0.2, 0.25) is 0 Å². The number of rotatable bonds is 1. The molecule has 17 heavy (non-hydrogen) atoms. The van der Waals surface area contributed by atoms with E-state index in [1.807, 2.05) is 0 Å². The first-order valence-corrected chi connectivity index (χ1v) is 7.48. The smallest absolute Gasteiger partial charge is 0.0800 e. The van der Waals surface area contributed by atoms with Gasteiger partial charge in [0.1, 0.15) is 0 Å². The molecule has 2 fully saturated rings. The van der Waals surface area contributed by atoms with Crippen LogP contribution in [0.1, 0.15) is 71.6 Å². The van der Waals surface area contributed by atoms with Crippen LogP contribution in [-0.4, -0.2) is 23.3 Å². The summed E-state index contributed by atoms with van der Waals surface area (Å²) in [7, 11) is 0. The lowest BCUT2D eigenvalue weighted by Crippen LogP contribution is -2.50. The summed E-state index contributed by atoms with van der Waals surface area (Å²) >= 11 is 0. The van der Waals surface area contributed by atoms with Gasteiger partial charge in [0.25, 0.3) is 0 Å². The summed E-state index contributed by atoms with van der Waals surface area (Å²) in [6.07, 6.45) is 10.6. The van der Waals surface area contributed by atoms with E-state index >= 15 is 0 Å². The van der Waals surface area contributed by atoms with Gasteiger partial charge < -0.3 is 10.4 Å². The summed E-state index contributed by atoms with van der Waals surface area (Å²) in [6.45, 7) is 5.79. The van der Waals surface area contributed by atoms with E-state index in [2.05, 4.69) is 19.2 Å². The minimum absolute atomic E-state index is 0.346. The molecule has 2 rings (SSSR count). The molecule has 0 aromatic rings. The van der Waals surface area contributed by atoms with E-state index in [1.54, 1.807) is 0 Å². The molecule has 1 saturated heterocycles. The molecule has 1 aliphatic carbocycles. The number of nitrogens with one attached hydrogen (secondary N) is 1. The normalized spacial score (nSPS) is 39.4. The molecule has 2 unspecified atom stereocenters. The molecular formula is C15H29NO. The Kier molecular flexibility index (Phi) is 4.14. The molecule has 0 aromatic heterocycles. The van der Waals surface area contributed by atoms with Gasteiger partial charge in [0.15, 0.2) is 0 Å². The molecule has 2 nitrogen and oxygen atoms in total. The Balaban J connectivity index is 2.01. The summed E-state index contributed by atoms with van der Waals surface area (Å²) in [6, 6.07) is 0.346. The zero-order valence-corrected chi connectivity index (χ0v) is 11.6. The minimum Gasteiger partial charge on any atom is -0.388 e. The van der Waals surface area contributed by atoms with E-state index in [0.717, 1.165) is 25.8 Å². The molecule has 1 saturated carbocycles. The lowest BCUT2D eigenvalue weighted by molar-refractivity contribution is -0.0157. The van der Waals surface area contributed by atoms with E-state index in [1.165, 1.54) is 38.5 Å². The van der Waals surface area contributed by atoms with E-state index in [9.17, 15) is 5.11 Å². The van der Waals surface area contributed by atoms with Gasteiger partial charge in [-0.2, -0.15) is 0 Å². The minimum atomic E-state index is -0.432. The van der Waals surface area contributed by atoms with Gasteiger partial charge in [-0.1, -0.05) is 33.1 Å². The van der Waals surface area contributed by atoms with Crippen molar-refractivity contribution >= 4 is 0 Å². The zero-order chi connectivity index (χ0) is 12.4. The topological polar surface area (TPSA) is 32.3 Å². The maximum atomic E-state index is 11.0. The average molecular weight is 239 g/mol. The van der Waals surface area contributed by atoms with Crippen molar-refractivity contribution in [1.29, 1.82) is 0 Å². The third-order valence-corrected chi connectivity index (χ3v) is 4.91. The van der Waals surface area contributed by atoms with Gasteiger partial charge in [0.05, 0.1) is 5.60 Å². The Morgan fingerprint density at radius 2 is 1.76 bits per heavy atom. The van der Waals surface area contributed by atoms with Crippen LogP contribution in [-0.2, 0) is 0 Å². The van der Waals surface area contributed by atoms with E-state index < -0.39 is 5.60 Å². The number of aliphatic hydroxyl groups is 1. The summed E-state index contributed by atoms with van der Waals surface area (Å²) < 4.78 is 0. The maximum Gasteiger partial charge on any atom is 0.0800 e. The highest BCUT2D eigenvalue weighted by atomic mass is 16.3. The van der Waals surface area contributed by atoms with Crippen LogP contribution in [0.25, 0.3) is 0 Å². The SMILES string of the molecule is CC1(C)CCCC(O)(C2CCCCCN2)CC1. The second kappa shape index (κ2) is 5.27. The molecule has 0 spiro atoms. The molecule has 2 atom stereocenters. The lowest BCUT2D eigenvalue weighted by Gasteiger charge is -2.36. The van der Waals surface area contributed by atoms with Gasteiger partial charge in [0.2, 0.25) is 0 Å². The van der Waals surface area contributed by atoms with Crippen LogP contribution in [0.3, 0.4) is 0 Å². The van der Waals surface area contributed by atoms with Crippen LogP contribution < -0.4 is 5.32 Å². The van der Waals surface area contributed by atoms with Crippen molar-refractivity contribution in [2.24, 2.45) is 5.41 Å². The summed E-state index contributed by atoms with van der Waals surface area (Å²) in [5.41, 5.74) is -0.00663. The van der Waals surface area contributed by atoms with Gasteiger partial charge in [0, 0.05) is 6.04 Å². The van der Waals surface area contributed by atoms with Gasteiger partial charge >= 0.3 is 0 Å². The Morgan fingerprint density at radius 3 is 2.59 bits per heavy atom. The standard InChI is InChI=1S/C15H29NO/c1-14(2)8-6-9-15(17,11-10-14)13-7-4-3-5-12-16-13/h13,16-17H,3-12H2,1-2H3. The predicted octanol–water partition coefficient (Wildman–Crippen LogP) is 3.24. The molecule has 2 heteroatoms. The molecule has 2 N–H and O–H groups in total. The van der Waals surface area contributed by atoms with E-state index in [4.69, 9.17) is 0 Å². The van der Waals surface area contributed by atoms with Crippen molar-refractivity contribution in [3.8, 4) is 0 Å². The lowest BCUT2D eigenvalue weighted by atomic mass is 9.81. The highest BCUT2D eigenvalue weighted by molar-refractivity contribution is 4.95. The molecule has 0 aromatic carbocycles. The fourth-order valence-corrected chi connectivity index (χ4v) is 3.51. The fourth-order valence-electron chi connectivity index (χ4n) is 3.51. The summed E-state index contributed by atoms with van der Waals surface area (Å²) in [5.74, 6) is 0. The number of hydrogen-bond acceptors (Lipinski definition) is 2. The summed E-state index contributed by atoms with van der Waals surface area (Å²) in [5, 5.41) is 14.6. The van der Waals surface area contributed by atoms with E-state index in [0.29, 0.717) is 11.5 Å². The largest absolute Gasteiger partial charge is 0.388 e. The highest BCUT2D eigenvalue weighted by Crippen LogP contribution is 2.40. The van der Waals surface area contributed by atoms with Gasteiger partial charge in [-0.15, -0.1) is 0 Å². The molecular weight excluding hydrogens is 210 g/mol. The Labute approximate surface area is 106 Å². The first-order chi connectivity index (χ1) is 8.02. The predicted molar refractivity (Wildman–Crippen MR) is 72.1 cm³/mol. The quantitative estimate of drug-likeness (QED) is 0.689. The summed E-state index contributed by atoms with van der Waals surface area (Å²) in [4.78, 5) is 0. The van der Waals surface area contributed by atoms with Crippen molar-refractivity contribution in [2.45, 2.75) is 83.3 Å². The van der Waals surface area contributed by atoms with Crippen LogP contribution in [0.15, 0.2) is 0 Å². The van der Waals surface area contributed by atoms with Crippen molar-refractivity contribution in [3.05, 3.63) is 0 Å². The monoisotopic (exact) mass is 239 g/mol. The molecule has 1 aliphatic heterocycles. The van der Waals surface area contributed by atoms with Gasteiger partial charge in [-0.05, 0) is 50.5 Å². The van der Waals surface area contributed by atoms with Gasteiger partial charge in [-0.3, -0.25) is 0 Å². The number of hydrogen-bond donors (Lipinski definition) is 2. The zero-order valence-electron chi connectivity index (χ0n) is 11.6. The van der Waals surface area contributed by atoms with Crippen molar-refractivity contribution in [1.82, 2.24) is 5.32 Å². The van der Waals surface area contributed by atoms with E-state index in [-0.39, 0.29) is 0 Å². The van der Waals surface area contributed by atoms with Gasteiger partial charge in [-0.25, -0.2) is 0 Å². The molecule has 0 amide bonds. The molecule has 0 bridgehead atoms.